The smallest absolute Gasteiger partial charge is 0.118 e. The van der Waals surface area contributed by atoms with Gasteiger partial charge in [0.1, 0.15) is 5.75 Å². The topological polar surface area (TPSA) is 45.9 Å². The average molecular weight is 326 g/mol. The van der Waals surface area contributed by atoms with Crippen molar-refractivity contribution < 1.29 is 4.74 Å². The van der Waals surface area contributed by atoms with E-state index in [0.717, 1.165) is 47.4 Å². The van der Waals surface area contributed by atoms with E-state index in [-0.39, 0.29) is 0 Å². The molecule has 2 aromatic carbocycles. The molecule has 1 aromatic heterocycles. The van der Waals surface area contributed by atoms with Crippen LogP contribution in [0.4, 0.5) is 0 Å². The summed E-state index contributed by atoms with van der Waals surface area (Å²) in [6.07, 6.45) is 4.53. The Morgan fingerprint density at radius 1 is 1.00 bits per heavy atom. The van der Waals surface area contributed by atoms with E-state index in [1.54, 1.807) is 7.11 Å². The molecular weight excluding hydrogens is 308 g/mol. The molecule has 0 aliphatic heterocycles. The molecule has 0 saturated carbocycles. The normalized spacial score (nSPS) is 12.5. The van der Waals surface area contributed by atoms with Crippen molar-refractivity contribution in [2.75, 3.05) is 7.11 Å². The first-order valence-corrected chi connectivity index (χ1v) is 8.41. The van der Waals surface area contributed by atoms with E-state index in [1.807, 2.05) is 30.5 Å². The predicted octanol–water partition coefficient (Wildman–Crippen LogP) is 4.32. The number of hydrogen-bond donors (Lipinski definition) is 0. The first kappa shape index (κ1) is 15.4. The molecule has 1 aliphatic carbocycles. The van der Waals surface area contributed by atoms with Gasteiger partial charge < -0.3 is 4.74 Å². The fraction of sp³-hybridized carbons (Fsp3) is 0.182. The van der Waals surface area contributed by atoms with Crippen LogP contribution in [0.25, 0.3) is 11.1 Å². The largest absolute Gasteiger partial charge is 0.497 e. The van der Waals surface area contributed by atoms with Gasteiger partial charge in [0.15, 0.2) is 0 Å². The highest BCUT2D eigenvalue weighted by molar-refractivity contribution is 5.65. The van der Waals surface area contributed by atoms with Crippen LogP contribution in [-0.4, -0.2) is 12.1 Å². The minimum Gasteiger partial charge on any atom is -0.497 e. The predicted molar refractivity (Wildman–Crippen MR) is 97.6 cm³/mol. The molecular formula is C22H18N2O. The molecule has 0 bridgehead atoms. The zero-order valence-corrected chi connectivity index (χ0v) is 14.1. The summed E-state index contributed by atoms with van der Waals surface area (Å²) in [6.45, 7) is 0. The van der Waals surface area contributed by atoms with Gasteiger partial charge >= 0.3 is 0 Å². The number of methoxy groups -OCH3 is 1. The second-order valence-corrected chi connectivity index (χ2v) is 6.29. The number of rotatable bonds is 2. The van der Waals surface area contributed by atoms with E-state index in [9.17, 15) is 5.26 Å². The highest BCUT2D eigenvalue weighted by Gasteiger charge is 2.17. The van der Waals surface area contributed by atoms with Crippen LogP contribution in [0.3, 0.4) is 0 Å². The number of aromatic nitrogens is 1. The van der Waals surface area contributed by atoms with E-state index in [1.165, 1.54) is 16.7 Å². The quantitative estimate of drug-likeness (QED) is 0.704. The van der Waals surface area contributed by atoms with Crippen LogP contribution in [-0.2, 0) is 19.3 Å². The van der Waals surface area contributed by atoms with Crippen molar-refractivity contribution in [2.45, 2.75) is 19.3 Å². The highest BCUT2D eigenvalue weighted by atomic mass is 16.5. The maximum Gasteiger partial charge on any atom is 0.118 e. The minimum atomic E-state index is 0.792. The van der Waals surface area contributed by atoms with Crippen molar-refractivity contribution in [1.29, 1.82) is 5.26 Å². The Labute approximate surface area is 147 Å². The van der Waals surface area contributed by atoms with Crippen LogP contribution < -0.4 is 4.74 Å². The number of ether oxygens (including phenoxy) is 1. The second-order valence-electron chi connectivity index (χ2n) is 6.29. The van der Waals surface area contributed by atoms with Gasteiger partial charge in [0, 0.05) is 17.5 Å². The Hall–Kier alpha value is -3.12. The molecule has 0 spiro atoms. The lowest BCUT2D eigenvalue weighted by Gasteiger charge is -2.09. The fourth-order valence-electron chi connectivity index (χ4n) is 3.51. The second kappa shape index (κ2) is 6.41. The molecule has 122 valence electrons. The van der Waals surface area contributed by atoms with Crippen molar-refractivity contribution in [1.82, 2.24) is 4.98 Å². The molecule has 25 heavy (non-hydrogen) atoms. The maximum atomic E-state index is 9.36. The van der Waals surface area contributed by atoms with E-state index in [4.69, 9.17) is 9.72 Å². The molecule has 0 amide bonds. The summed E-state index contributed by atoms with van der Waals surface area (Å²) in [6, 6.07) is 18.6. The third-order valence-electron chi connectivity index (χ3n) is 4.87. The van der Waals surface area contributed by atoms with Crippen LogP contribution in [0.1, 0.15) is 27.9 Å². The van der Waals surface area contributed by atoms with E-state index < -0.39 is 0 Å². The van der Waals surface area contributed by atoms with Gasteiger partial charge in [-0.2, -0.15) is 5.26 Å². The van der Waals surface area contributed by atoms with Crippen LogP contribution >= 0.6 is 0 Å². The van der Waals surface area contributed by atoms with Gasteiger partial charge in [-0.25, -0.2) is 0 Å². The molecule has 3 heteroatoms. The van der Waals surface area contributed by atoms with Gasteiger partial charge in [0.05, 0.1) is 18.7 Å². The van der Waals surface area contributed by atoms with Crippen molar-refractivity contribution in [3.63, 3.8) is 0 Å². The Kier molecular flexibility index (Phi) is 3.95. The van der Waals surface area contributed by atoms with Crippen LogP contribution in [0.2, 0.25) is 0 Å². The molecule has 4 rings (SSSR count). The number of nitriles is 1. The average Bonchev–Trinajstić information content (AvgIpc) is 2.86. The number of benzene rings is 2. The first-order chi connectivity index (χ1) is 12.3. The zero-order valence-electron chi connectivity index (χ0n) is 14.1. The summed E-state index contributed by atoms with van der Waals surface area (Å²) >= 11 is 0. The van der Waals surface area contributed by atoms with Crippen molar-refractivity contribution >= 4 is 0 Å². The lowest BCUT2D eigenvalue weighted by Crippen LogP contribution is -1.97. The highest BCUT2D eigenvalue weighted by Crippen LogP contribution is 2.29. The zero-order chi connectivity index (χ0) is 17.2. The van der Waals surface area contributed by atoms with Gasteiger partial charge in [0.25, 0.3) is 0 Å². The fourth-order valence-corrected chi connectivity index (χ4v) is 3.51. The SMILES string of the molecule is COc1ccc(-c2cnc3c(c2)Cc2cccc(C#N)c2CC3)cc1. The maximum absolute atomic E-state index is 9.36. The number of hydrogen-bond acceptors (Lipinski definition) is 3. The molecule has 0 N–H and O–H groups in total. The molecule has 1 heterocycles. The standard InChI is InChI=1S/C22H18N2O/c1-25-20-7-5-15(6-8-20)19-12-18-11-16-3-2-4-17(13-23)21(16)9-10-22(18)24-14-19/h2-8,12,14H,9-11H2,1H3. The molecule has 1 aliphatic rings. The number of aryl methyl sites for hydroxylation is 1. The van der Waals surface area contributed by atoms with Crippen LogP contribution in [0, 0.1) is 11.3 Å². The van der Waals surface area contributed by atoms with E-state index in [2.05, 4.69) is 30.3 Å². The molecule has 0 saturated heterocycles. The Bertz CT molecular complexity index is 968. The van der Waals surface area contributed by atoms with Crippen molar-refractivity contribution in [3.8, 4) is 22.9 Å². The van der Waals surface area contributed by atoms with E-state index in [0.29, 0.717) is 0 Å². The lowest BCUT2D eigenvalue weighted by atomic mass is 9.96. The van der Waals surface area contributed by atoms with Crippen LogP contribution in [0.5, 0.6) is 5.75 Å². The van der Waals surface area contributed by atoms with E-state index >= 15 is 0 Å². The Morgan fingerprint density at radius 3 is 2.60 bits per heavy atom. The monoisotopic (exact) mass is 326 g/mol. The summed E-state index contributed by atoms with van der Waals surface area (Å²) < 4.78 is 5.23. The molecule has 3 nitrogen and oxygen atoms in total. The Balaban J connectivity index is 1.73. The molecule has 0 unspecified atom stereocenters. The third kappa shape index (κ3) is 2.88. The summed E-state index contributed by atoms with van der Waals surface area (Å²) in [5, 5.41) is 9.36. The minimum absolute atomic E-state index is 0.792. The van der Waals surface area contributed by atoms with Gasteiger partial charge in [0.2, 0.25) is 0 Å². The van der Waals surface area contributed by atoms with Gasteiger partial charge in [-0.05, 0) is 65.8 Å². The van der Waals surface area contributed by atoms with Gasteiger partial charge in [-0.3, -0.25) is 4.98 Å². The number of pyridine rings is 1. The molecule has 0 radical (unpaired) electrons. The number of fused-ring (bicyclic) bond motifs is 2. The summed E-state index contributed by atoms with van der Waals surface area (Å²) in [5.74, 6) is 0.851. The van der Waals surface area contributed by atoms with Crippen molar-refractivity contribution in [3.05, 3.63) is 82.7 Å². The third-order valence-corrected chi connectivity index (χ3v) is 4.87. The lowest BCUT2D eigenvalue weighted by molar-refractivity contribution is 0.415. The molecule has 3 aromatic rings. The summed E-state index contributed by atoms with van der Waals surface area (Å²) in [4.78, 5) is 4.72. The summed E-state index contributed by atoms with van der Waals surface area (Å²) in [5.41, 5.74) is 7.84. The van der Waals surface area contributed by atoms with Gasteiger partial charge in [-0.1, -0.05) is 24.3 Å². The van der Waals surface area contributed by atoms with Crippen LogP contribution in [0.15, 0.2) is 54.7 Å². The van der Waals surface area contributed by atoms with Gasteiger partial charge in [-0.15, -0.1) is 0 Å². The number of nitrogens with zero attached hydrogens (tertiary/aromatic N) is 2. The van der Waals surface area contributed by atoms with Crippen molar-refractivity contribution in [2.24, 2.45) is 0 Å². The Morgan fingerprint density at radius 2 is 1.84 bits per heavy atom. The summed E-state index contributed by atoms with van der Waals surface area (Å²) in [7, 11) is 1.67. The molecule has 0 fully saturated rings. The molecule has 0 atom stereocenters. The first-order valence-electron chi connectivity index (χ1n) is 8.41.